The van der Waals surface area contributed by atoms with Gasteiger partial charge in [-0.05, 0) is 49.1 Å². The minimum atomic E-state index is -1.16. The molecule has 0 spiro atoms. The maximum Gasteiger partial charge on any atom is 0.340 e. The van der Waals surface area contributed by atoms with Gasteiger partial charge in [0.05, 0.1) is 5.56 Å². The number of cyclic esters (lactones) is 1. The Morgan fingerprint density at radius 3 is 1.71 bits per heavy atom. The first-order valence-corrected chi connectivity index (χ1v) is 13.6. The summed E-state index contributed by atoms with van der Waals surface area (Å²) in [6.45, 7) is 0. The molecule has 3 N–H and O–H groups in total. The third-order valence-corrected chi connectivity index (χ3v) is 7.36. The molecule has 0 saturated heterocycles. The third kappa shape index (κ3) is 6.18. The molecule has 0 aromatic heterocycles. The number of phenolic OH excluding ortho intramolecular Hbond substituents is 2. The van der Waals surface area contributed by atoms with Crippen LogP contribution in [0.15, 0.2) is 66.7 Å². The zero-order chi connectivity index (χ0) is 27.0. The van der Waals surface area contributed by atoms with Crippen LogP contribution >= 0.6 is 0 Å². The van der Waals surface area contributed by atoms with Crippen LogP contribution in [0.25, 0.3) is 0 Å². The number of benzene rings is 3. The highest BCUT2D eigenvalue weighted by molar-refractivity contribution is 5.98. The lowest BCUT2D eigenvalue weighted by atomic mass is 9.79. The molecule has 0 amide bonds. The second kappa shape index (κ2) is 12.6. The van der Waals surface area contributed by atoms with E-state index in [4.69, 9.17) is 9.84 Å². The SMILES string of the molecule is O=C(O)CCCCCCCCCCCc1cccc2c1C(=O)OC2(c1ccc(O)cc1)c1ccc(O)cc1. The number of carboxylic acids is 1. The number of aliphatic carboxylic acids is 1. The van der Waals surface area contributed by atoms with Crippen molar-refractivity contribution in [1.29, 1.82) is 0 Å². The molecule has 0 radical (unpaired) electrons. The normalized spacial score (nSPS) is 13.7. The summed E-state index contributed by atoms with van der Waals surface area (Å²) in [5.41, 5.74) is 2.66. The van der Waals surface area contributed by atoms with Gasteiger partial charge in [0.1, 0.15) is 11.5 Å². The van der Waals surface area contributed by atoms with Crippen LogP contribution in [-0.4, -0.2) is 27.3 Å². The fourth-order valence-electron chi connectivity index (χ4n) is 5.40. The Morgan fingerprint density at radius 1 is 0.684 bits per heavy atom. The van der Waals surface area contributed by atoms with Crippen LogP contribution in [0, 0.1) is 0 Å². The first kappa shape index (κ1) is 27.2. The Hall–Kier alpha value is -3.80. The first-order chi connectivity index (χ1) is 18.4. The molecule has 200 valence electrons. The first-order valence-electron chi connectivity index (χ1n) is 13.6. The lowest BCUT2D eigenvalue weighted by Crippen LogP contribution is -2.29. The molecule has 0 fully saturated rings. The summed E-state index contributed by atoms with van der Waals surface area (Å²) >= 11 is 0. The van der Waals surface area contributed by atoms with E-state index >= 15 is 0 Å². The molecule has 4 rings (SSSR count). The van der Waals surface area contributed by atoms with Crippen molar-refractivity contribution in [3.63, 3.8) is 0 Å². The number of esters is 1. The number of hydrogen-bond acceptors (Lipinski definition) is 5. The summed E-state index contributed by atoms with van der Waals surface area (Å²) in [6.07, 6.45) is 10.6. The number of carbonyl (C=O) groups is 2. The van der Waals surface area contributed by atoms with Crippen LogP contribution in [0.1, 0.15) is 96.8 Å². The number of rotatable bonds is 14. The second-order valence-electron chi connectivity index (χ2n) is 10.1. The quantitative estimate of drug-likeness (QED) is 0.156. The van der Waals surface area contributed by atoms with Crippen LogP contribution in [0.5, 0.6) is 11.5 Å². The zero-order valence-electron chi connectivity index (χ0n) is 21.7. The van der Waals surface area contributed by atoms with Crippen molar-refractivity contribution in [3.8, 4) is 11.5 Å². The van der Waals surface area contributed by atoms with Gasteiger partial charge in [-0.3, -0.25) is 4.79 Å². The Balaban J connectivity index is 1.42. The smallest absolute Gasteiger partial charge is 0.340 e. The van der Waals surface area contributed by atoms with E-state index < -0.39 is 11.6 Å². The van der Waals surface area contributed by atoms with Crippen molar-refractivity contribution in [2.45, 2.75) is 76.2 Å². The van der Waals surface area contributed by atoms with Gasteiger partial charge in [-0.25, -0.2) is 4.79 Å². The Labute approximate surface area is 223 Å². The molecule has 1 heterocycles. The molecular weight excluding hydrogens is 480 g/mol. The molecule has 3 aromatic carbocycles. The fraction of sp³-hybridized carbons (Fsp3) is 0.375. The predicted octanol–water partition coefficient (Wildman–Crippen LogP) is 7.09. The summed E-state index contributed by atoms with van der Waals surface area (Å²) in [5, 5.41) is 28.4. The minimum absolute atomic E-state index is 0.131. The monoisotopic (exact) mass is 516 g/mol. The molecule has 1 aliphatic heterocycles. The maximum absolute atomic E-state index is 13.3. The van der Waals surface area contributed by atoms with E-state index in [1.807, 2.05) is 18.2 Å². The lowest BCUT2D eigenvalue weighted by Gasteiger charge is -2.30. The largest absolute Gasteiger partial charge is 0.508 e. The van der Waals surface area contributed by atoms with Crippen LogP contribution in [0.3, 0.4) is 0 Å². The van der Waals surface area contributed by atoms with E-state index in [9.17, 15) is 19.8 Å². The van der Waals surface area contributed by atoms with E-state index in [0.717, 1.165) is 73.6 Å². The van der Waals surface area contributed by atoms with Gasteiger partial charge in [0.2, 0.25) is 0 Å². The van der Waals surface area contributed by atoms with Gasteiger partial charge in [0, 0.05) is 23.1 Å². The molecule has 38 heavy (non-hydrogen) atoms. The summed E-state index contributed by atoms with van der Waals surface area (Å²) in [5.74, 6) is -0.814. The van der Waals surface area contributed by atoms with Gasteiger partial charge in [0.25, 0.3) is 0 Å². The number of aryl methyl sites for hydroxylation is 1. The van der Waals surface area contributed by atoms with E-state index in [1.54, 1.807) is 48.5 Å². The fourth-order valence-corrected chi connectivity index (χ4v) is 5.40. The van der Waals surface area contributed by atoms with Crippen LogP contribution < -0.4 is 0 Å². The predicted molar refractivity (Wildman–Crippen MR) is 145 cm³/mol. The van der Waals surface area contributed by atoms with Gasteiger partial charge in [-0.2, -0.15) is 0 Å². The van der Waals surface area contributed by atoms with Crippen molar-refractivity contribution in [1.82, 2.24) is 0 Å². The highest BCUT2D eigenvalue weighted by Gasteiger charge is 2.49. The summed E-state index contributed by atoms with van der Waals surface area (Å²) in [4.78, 5) is 23.9. The summed E-state index contributed by atoms with van der Waals surface area (Å²) in [7, 11) is 0. The molecule has 1 aliphatic rings. The molecule has 0 atom stereocenters. The molecular formula is C32H36O6. The van der Waals surface area contributed by atoms with Gasteiger partial charge in [0.15, 0.2) is 5.60 Å². The Bertz CT molecular complexity index is 1180. The Kier molecular flexibility index (Phi) is 9.06. The number of phenols is 2. The lowest BCUT2D eigenvalue weighted by molar-refractivity contribution is -0.137. The maximum atomic E-state index is 13.3. The highest BCUT2D eigenvalue weighted by atomic mass is 16.6. The van der Waals surface area contributed by atoms with Crippen LogP contribution in [0.2, 0.25) is 0 Å². The van der Waals surface area contributed by atoms with E-state index in [0.29, 0.717) is 5.56 Å². The van der Waals surface area contributed by atoms with Crippen molar-refractivity contribution in [2.24, 2.45) is 0 Å². The van der Waals surface area contributed by atoms with Crippen molar-refractivity contribution in [2.75, 3.05) is 0 Å². The third-order valence-electron chi connectivity index (χ3n) is 7.36. The topological polar surface area (TPSA) is 104 Å². The van der Waals surface area contributed by atoms with Crippen molar-refractivity contribution < 1.29 is 29.6 Å². The number of carboxylic acid groups (broad SMARTS) is 1. The second-order valence-corrected chi connectivity index (χ2v) is 10.1. The van der Waals surface area contributed by atoms with Crippen LogP contribution in [-0.2, 0) is 21.6 Å². The van der Waals surface area contributed by atoms with Crippen LogP contribution in [0.4, 0.5) is 0 Å². The zero-order valence-corrected chi connectivity index (χ0v) is 21.7. The number of aromatic hydroxyl groups is 2. The highest BCUT2D eigenvalue weighted by Crippen LogP contribution is 2.48. The van der Waals surface area contributed by atoms with Gasteiger partial charge in [-0.15, -0.1) is 0 Å². The van der Waals surface area contributed by atoms with Crippen molar-refractivity contribution in [3.05, 3.63) is 94.5 Å². The summed E-state index contributed by atoms with van der Waals surface area (Å²) in [6, 6.07) is 19.3. The minimum Gasteiger partial charge on any atom is -0.508 e. The summed E-state index contributed by atoms with van der Waals surface area (Å²) < 4.78 is 6.19. The van der Waals surface area contributed by atoms with Crippen molar-refractivity contribution >= 4 is 11.9 Å². The number of unbranched alkanes of at least 4 members (excludes halogenated alkanes) is 8. The number of ether oxygens (including phenoxy) is 1. The van der Waals surface area contributed by atoms with E-state index in [2.05, 4.69) is 0 Å². The average molecular weight is 517 g/mol. The average Bonchev–Trinajstić information content (AvgIpc) is 3.21. The number of fused-ring (bicyclic) bond motifs is 1. The standard InChI is InChI=1S/C32H36O6/c33-26-19-15-24(16-20-26)32(25-17-21-27(34)22-18-25)28-13-10-12-23(30(28)31(37)38-32)11-8-6-4-2-1-3-5-7-9-14-29(35)36/h10,12-13,15-22,33-34H,1-9,11,14H2,(H,35,36). The molecule has 0 unspecified atom stereocenters. The molecule has 0 aliphatic carbocycles. The molecule has 3 aromatic rings. The number of carbonyl (C=O) groups excluding carboxylic acids is 1. The van der Waals surface area contributed by atoms with Gasteiger partial charge >= 0.3 is 11.9 Å². The Morgan fingerprint density at radius 2 is 1.18 bits per heavy atom. The van der Waals surface area contributed by atoms with Gasteiger partial charge < -0.3 is 20.1 Å². The van der Waals surface area contributed by atoms with E-state index in [-0.39, 0.29) is 23.9 Å². The number of hydrogen-bond donors (Lipinski definition) is 3. The molecule has 0 saturated carbocycles. The molecule has 6 heteroatoms. The van der Waals surface area contributed by atoms with E-state index in [1.165, 1.54) is 12.8 Å². The molecule has 6 nitrogen and oxygen atoms in total. The molecule has 0 bridgehead atoms. The van der Waals surface area contributed by atoms with Gasteiger partial charge in [-0.1, -0.05) is 87.4 Å².